The first-order chi connectivity index (χ1) is 8.96. The van der Waals surface area contributed by atoms with Gasteiger partial charge in [0.1, 0.15) is 0 Å². The van der Waals surface area contributed by atoms with E-state index in [9.17, 15) is 0 Å². The van der Waals surface area contributed by atoms with Gasteiger partial charge in [-0.1, -0.05) is 37.6 Å². The van der Waals surface area contributed by atoms with Crippen molar-refractivity contribution in [3.05, 3.63) is 34.9 Å². The van der Waals surface area contributed by atoms with E-state index >= 15 is 0 Å². The summed E-state index contributed by atoms with van der Waals surface area (Å²) in [5.41, 5.74) is 4.65. The summed E-state index contributed by atoms with van der Waals surface area (Å²) in [6, 6.07) is 6.85. The van der Waals surface area contributed by atoms with E-state index in [4.69, 9.17) is 0 Å². The molecule has 0 aliphatic carbocycles. The Bertz CT molecular complexity index is 417. The second kappa shape index (κ2) is 6.06. The molecule has 1 fully saturated rings. The highest BCUT2D eigenvalue weighted by atomic mass is 15.2. The summed E-state index contributed by atoms with van der Waals surface area (Å²) in [4.78, 5) is 2.60. The first-order valence-corrected chi connectivity index (χ1v) is 7.45. The average molecular weight is 260 g/mol. The molecule has 1 N–H and O–H groups in total. The Morgan fingerprint density at radius 2 is 1.84 bits per heavy atom. The second-order valence-electron chi connectivity index (χ2n) is 6.80. The van der Waals surface area contributed by atoms with Crippen LogP contribution in [0.2, 0.25) is 0 Å². The normalized spacial score (nSPS) is 17.7. The molecule has 2 rings (SSSR count). The predicted octanol–water partition coefficient (Wildman–Crippen LogP) is 2.78. The van der Waals surface area contributed by atoms with Gasteiger partial charge in [-0.25, -0.2) is 0 Å². The number of benzene rings is 1. The van der Waals surface area contributed by atoms with Crippen molar-refractivity contribution in [2.24, 2.45) is 5.41 Å². The standard InChI is InChI=1S/C17H28N2/c1-14-5-6-16(15(2)11-14)12-17(3,4)13-19-9-7-18-8-10-19/h5-6,11,18H,7-10,12-13H2,1-4H3. The summed E-state index contributed by atoms with van der Waals surface area (Å²) < 4.78 is 0. The molecule has 2 nitrogen and oxygen atoms in total. The maximum atomic E-state index is 3.42. The Morgan fingerprint density at radius 3 is 2.47 bits per heavy atom. The minimum Gasteiger partial charge on any atom is -0.314 e. The van der Waals surface area contributed by atoms with Crippen molar-refractivity contribution < 1.29 is 0 Å². The summed E-state index contributed by atoms with van der Waals surface area (Å²) in [7, 11) is 0. The molecular weight excluding hydrogens is 232 g/mol. The van der Waals surface area contributed by atoms with Gasteiger partial charge in [0.15, 0.2) is 0 Å². The van der Waals surface area contributed by atoms with Gasteiger partial charge in [0.25, 0.3) is 0 Å². The molecule has 1 saturated heterocycles. The maximum absolute atomic E-state index is 3.42. The molecule has 1 heterocycles. The van der Waals surface area contributed by atoms with Gasteiger partial charge in [-0.05, 0) is 36.8 Å². The molecule has 0 bridgehead atoms. The third kappa shape index (κ3) is 4.32. The molecule has 106 valence electrons. The minimum absolute atomic E-state index is 0.345. The molecule has 0 amide bonds. The van der Waals surface area contributed by atoms with Gasteiger partial charge >= 0.3 is 0 Å². The zero-order chi connectivity index (χ0) is 13.9. The van der Waals surface area contributed by atoms with Crippen molar-refractivity contribution >= 4 is 0 Å². The number of rotatable bonds is 4. The van der Waals surface area contributed by atoms with Crippen molar-refractivity contribution in [1.82, 2.24) is 10.2 Å². The number of hydrogen-bond acceptors (Lipinski definition) is 2. The molecule has 1 aliphatic rings. The highest BCUT2D eigenvalue weighted by molar-refractivity contribution is 5.31. The van der Waals surface area contributed by atoms with Crippen LogP contribution in [-0.4, -0.2) is 37.6 Å². The van der Waals surface area contributed by atoms with Crippen LogP contribution in [0.5, 0.6) is 0 Å². The van der Waals surface area contributed by atoms with Crippen LogP contribution in [0.4, 0.5) is 0 Å². The largest absolute Gasteiger partial charge is 0.314 e. The second-order valence-corrected chi connectivity index (χ2v) is 6.80. The Labute approximate surface area is 118 Å². The topological polar surface area (TPSA) is 15.3 Å². The molecule has 1 aliphatic heterocycles. The van der Waals surface area contributed by atoms with E-state index in [0.29, 0.717) is 5.41 Å². The Hall–Kier alpha value is -0.860. The summed E-state index contributed by atoms with van der Waals surface area (Å²) in [5.74, 6) is 0. The van der Waals surface area contributed by atoms with E-state index < -0.39 is 0 Å². The lowest BCUT2D eigenvalue weighted by atomic mass is 9.83. The van der Waals surface area contributed by atoms with E-state index in [-0.39, 0.29) is 0 Å². The highest BCUT2D eigenvalue weighted by Gasteiger charge is 2.23. The summed E-state index contributed by atoms with van der Waals surface area (Å²) in [5, 5.41) is 3.42. The predicted molar refractivity (Wildman–Crippen MR) is 82.7 cm³/mol. The number of aryl methyl sites for hydroxylation is 2. The van der Waals surface area contributed by atoms with E-state index in [0.717, 1.165) is 13.1 Å². The van der Waals surface area contributed by atoms with Crippen LogP contribution in [0, 0.1) is 19.3 Å². The number of nitrogens with zero attached hydrogens (tertiary/aromatic N) is 1. The van der Waals surface area contributed by atoms with Gasteiger partial charge < -0.3 is 10.2 Å². The van der Waals surface area contributed by atoms with Gasteiger partial charge in [0.05, 0.1) is 0 Å². The summed E-state index contributed by atoms with van der Waals surface area (Å²) >= 11 is 0. The molecule has 0 radical (unpaired) electrons. The smallest absolute Gasteiger partial charge is 0.0108 e. The molecule has 1 aromatic carbocycles. The molecule has 2 heteroatoms. The minimum atomic E-state index is 0.345. The van der Waals surface area contributed by atoms with Gasteiger partial charge in [-0.15, -0.1) is 0 Å². The molecule has 0 atom stereocenters. The van der Waals surface area contributed by atoms with Gasteiger partial charge in [-0.2, -0.15) is 0 Å². The third-order valence-corrected chi connectivity index (χ3v) is 4.03. The van der Waals surface area contributed by atoms with Crippen LogP contribution in [0.15, 0.2) is 18.2 Å². The lowest BCUT2D eigenvalue weighted by Crippen LogP contribution is -2.47. The lowest BCUT2D eigenvalue weighted by molar-refractivity contribution is 0.160. The van der Waals surface area contributed by atoms with E-state index in [1.165, 1.54) is 42.7 Å². The van der Waals surface area contributed by atoms with Crippen molar-refractivity contribution in [3.8, 4) is 0 Å². The maximum Gasteiger partial charge on any atom is 0.0108 e. The van der Waals surface area contributed by atoms with E-state index in [1.807, 2.05) is 0 Å². The fraction of sp³-hybridized carbons (Fsp3) is 0.647. The van der Waals surface area contributed by atoms with Gasteiger partial charge in [0, 0.05) is 32.7 Å². The zero-order valence-corrected chi connectivity index (χ0v) is 12.9. The Kier molecular flexibility index (Phi) is 4.64. The van der Waals surface area contributed by atoms with Crippen LogP contribution in [-0.2, 0) is 6.42 Å². The van der Waals surface area contributed by atoms with Crippen LogP contribution in [0.25, 0.3) is 0 Å². The quantitative estimate of drug-likeness (QED) is 0.895. The van der Waals surface area contributed by atoms with Gasteiger partial charge in [-0.3, -0.25) is 0 Å². The van der Waals surface area contributed by atoms with Crippen LogP contribution >= 0.6 is 0 Å². The van der Waals surface area contributed by atoms with Crippen molar-refractivity contribution in [1.29, 1.82) is 0 Å². The fourth-order valence-electron chi connectivity index (χ4n) is 3.09. The molecule has 0 saturated carbocycles. The Morgan fingerprint density at radius 1 is 1.16 bits per heavy atom. The van der Waals surface area contributed by atoms with Crippen LogP contribution in [0.1, 0.15) is 30.5 Å². The average Bonchev–Trinajstić information content (AvgIpc) is 2.33. The first kappa shape index (κ1) is 14.5. The number of nitrogens with one attached hydrogen (secondary N) is 1. The number of hydrogen-bond donors (Lipinski definition) is 1. The monoisotopic (exact) mass is 260 g/mol. The zero-order valence-electron chi connectivity index (χ0n) is 12.9. The summed E-state index contributed by atoms with van der Waals surface area (Å²) in [6.07, 6.45) is 1.17. The molecule has 0 aromatic heterocycles. The van der Waals surface area contributed by atoms with Crippen molar-refractivity contribution in [2.45, 2.75) is 34.1 Å². The summed E-state index contributed by atoms with van der Waals surface area (Å²) in [6.45, 7) is 15.1. The Balaban J connectivity index is 1.99. The van der Waals surface area contributed by atoms with Crippen LogP contribution < -0.4 is 5.32 Å². The highest BCUT2D eigenvalue weighted by Crippen LogP contribution is 2.25. The number of piperazine rings is 1. The molecule has 0 unspecified atom stereocenters. The van der Waals surface area contributed by atoms with Gasteiger partial charge in [0.2, 0.25) is 0 Å². The SMILES string of the molecule is Cc1ccc(CC(C)(C)CN2CCNCC2)c(C)c1. The van der Waals surface area contributed by atoms with Crippen molar-refractivity contribution in [3.63, 3.8) is 0 Å². The molecular formula is C17H28N2. The molecule has 19 heavy (non-hydrogen) atoms. The van der Waals surface area contributed by atoms with Crippen LogP contribution in [0.3, 0.4) is 0 Å². The van der Waals surface area contributed by atoms with Crippen molar-refractivity contribution in [2.75, 3.05) is 32.7 Å². The van der Waals surface area contributed by atoms with E-state index in [2.05, 4.69) is 56.1 Å². The lowest BCUT2D eigenvalue weighted by Gasteiger charge is -2.35. The molecule has 1 aromatic rings. The first-order valence-electron chi connectivity index (χ1n) is 7.45. The third-order valence-electron chi connectivity index (χ3n) is 4.03. The van der Waals surface area contributed by atoms with E-state index in [1.54, 1.807) is 0 Å². The fourth-order valence-corrected chi connectivity index (χ4v) is 3.09. The molecule has 0 spiro atoms.